The van der Waals surface area contributed by atoms with E-state index in [4.69, 9.17) is 0 Å². The molecule has 0 saturated heterocycles. The molecule has 0 unspecified atom stereocenters. The number of rotatable bonds is 8. The van der Waals surface area contributed by atoms with Crippen LogP contribution < -0.4 is 0 Å². The first kappa shape index (κ1) is 24.9. The quantitative estimate of drug-likeness (QED) is 0.253. The van der Waals surface area contributed by atoms with Gasteiger partial charge in [-0.25, -0.2) is 19.2 Å². The molecule has 0 fully saturated rings. The van der Waals surface area contributed by atoms with Crippen molar-refractivity contribution in [3.63, 3.8) is 0 Å². The molecule has 4 N–H and O–H groups in total. The normalized spacial score (nSPS) is 10.6. The van der Waals surface area contributed by atoms with Crippen molar-refractivity contribution < 1.29 is 39.6 Å². The standard InChI is InChI=1S/C29H20O8/c30-26(31)22-18(11-13-20(24(22)28(34)35)16-7-3-1-4-8-16)15-19-12-14-21(17-9-5-2-6-10-17)25(29(36)37)23(19)27(32)33/h1-14H,15H2,(H,30,31)(H,32,33)(H,34,35)(H,36,37). The monoisotopic (exact) mass is 496 g/mol. The van der Waals surface area contributed by atoms with E-state index in [0.29, 0.717) is 11.1 Å². The van der Waals surface area contributed by atoms with Crippen LogP contribution in [0.3, 0.4) is 0 Å². The van der Waals surface area contributed by atoms with Gasteiger partial charge in [-0.2, -0.15) is 0 Å². The average molecular weight is 496 g/mol. The molecule has 8 nitrogen and oxygen atoms in total. The Bertz CT molecular complexity index is 1420. The summed E-state index contributed by atoms with van der Waals surface area (Å²) in [5.74, 6) is -5.91. The zero-order valence-electron chi connectivity index (χ0n) is 19.2. The van der Waals surface area contributed by atoms with Gasteiger partial charge in [0, 0.05) is 0 Å². The molecule has 0 spiro atoms. The Labute approximate surface area is 210 Å². The van der Waals surface area contributed by atoms with Crippen molar-refractivity contribution in [2.24, 2.45) is 0 Å². The van der Waals surface area contributed by atoms with Gasteiger partial charge >= 0.3 is 23.9 Å². The fourth-order valence-electron chi connectivity index (χ4n) is 4.44. The second-order valence-electron chi connectivity index (χ2n) is 8.17. The van der Waals surface area contributed by atoms with E-state index in [0.717, 1.165) is 0 Å². The van der Waals surface area contributed by atoms with Crippen molar-refractivity contribution in [1.29, 1.82) is 0 Å². The Balaban J connectivity index is 1.94. The van der Waals surface area contributed by atoms with Crippen LogP contribution in [0.25, 0.3) is 22.3 Å². The van der Waals surface area contributed by atoms with E-state index >= 15 is 0 Å². The molecular formula is C29H20O8. The molecule has 0 amide bonds. The minimum absolute atomic E-state index is 0.0379. The van der Waals surface area contributed by atoms with Crippen LogP contribution in [0.4, 0.5) is 0 Å². The SMILES string of the molecule is O=C(O)c1c(Cc2ccc(-c3ccccc3)c(C(=O)O)c2C(=O)O)ccc(-c2ccccc2)c1C(=O)O. The van der Waals surface area contributed by atoms with E-state index in [2.05, 4.69) is 0 Å². The Morgan fingerprint density at radius 3 is 1.05 bits per heavy atom. The zero-order chi connectivity index (χ0) is 26.7. The largest absolute Gasteiger partial charge is 0.478 e. The van der Waals surface area contributed by atoms with Gasteiger partial charge in [-0.1, -0.05) is 84.9 Å². The molecule has 0 saturated carbocycles. The van der Waals surface area contributed by atoms with Crippen LogP contribution >= 0.6 is 0 Å². The van der Waals surface area contributed by atoms with Crippen LogP contribution in [0.1, 0.15) is 52.6 Å². The third-order valence-corrected chi connectivity index (χ3v) is 5.99. The summed E-state index contributed by atoms with van der Waals surface area (Å²) in [4.78, 5) is 49.0. The van der Waals surface area contributed by atoms with Gasteiger partial charge in [-0.15, -0.1) is 0 Å². The molecule has 184 valence electrons. The molecule has 4 rings (SSSR count). The number of hydrogen-bond acceptors (Lipinski definition) is 4. The van der Waals surface area contributed by atoms with Crippen LogP contribution in [-0.2, 0) is 6.42 Å². The van der Waals surface area contributed by atoms with E-state index < -0.39 is 46.1 Å². The van der Waals surface area contributed by atoms with Crippen molar-refractivity contribution in [2.45, 2.75) is 6.42 Å². The highest BCUT2D eigenvalue weighted by molar-refractivity contribution is 6.09. The number of carbonyl (C=O) groups is 4. The molecular weight excluding hydrogens is 476 g/mol. The fourth-order valence-corrected chi connectivity index (χ4v) is 4.44. The lowest BCUT2D eigenvalue weighted by Gasteiger charge is -2.17. The van der Waals surface area contributed by atoms with Crippen molar-refractivity contribution in [3.05, 3.63) is 118 Å². The highest BCUT2D eigenvalue weighted by atomic mass is 16.4. The van der Waals surface area contributed by atoms with Crippen molar-refractivity contribution in [1.82, 2.24) is 0 Å². The second kappa shape index (κ2) is 10.2. The van der Waals surface area contributed by atoms with E-state index in [-0.39, 0.29) is 28.7 Å². The number of carboxylic acid groups (broad SMARTS) is 4. The van der Waals surface area contributed by atoms with Gasteiger partial charge in [0.1, 0.15) is 0 Å². The highest BCUT2D eigenvalue weighted by Crippen LogP contribution is 2.33. The first-order chi connectivity index (χ1) is 17.7. The molecule has 37 heavy (non-hydrogen) atoms. The predicted octanol–water partition coefficient (Wildman–Crippen LogP) is 5.40. The maximum Gasteiger partial charge on any atom is 0.337 e. The summed E-state index contributed by atoms with van der Waals surface area (Å²) in [6.45, 7) is 0. The second-order valence-corrected chi connectivity index (χ2v) is 8.17. The van der Waals surface area contributed by atoms with Crippen molar-refractivity contribution in [3.8, 4) is 22.3 Å². The molecule has 4 aromatic rings. The van der Waals surface area contributed by atoms with Gasteiger partial charge in [0.25, 0.3) is 0 Å². The smallest absolute Gasteiger partial charge is 0.337 e. The Hall–Kier alpha value is -5.24. The van der Waals surface area contributed by atoms with Crippen molar-refractivity contribution in [2.75, 3.05) is 0 Å². The molecule has 0 aromatic heterocycles. The molecule has 0 aliphatic carbocycles. The Kier molecular flexibility index (Phi) is 6.84. The minimum atomic E-state index is -1.50. The molecule has 4 aromatic carbocycles. The molecule has 0 radical (unpaired) electrons. The first-order valence-electron chi connectivity index (χ1n) is 11.1. The maximum atomic E-state index is 12.3. The van der Waals surface area contributed by atoms with Gasteiger partial charge < -0.3 is 20.4 Å². The third-order valence-electron chi connectivity index (χ3n) is 5.99. The van der Waals surface area contributed by atoms with E-state index in [1.54, 1.807) is 60.7 Å². The fraction of sp³-hybridized carbons (Fsp3) is 0.0345. The van der Waals surface area contributed by atoms with Crippen LogP contribution in [0, 0.1) is 0 Å². The Morgan fingerprint density at radius 1 is 0.432 bits per heavy atom. The third kappa shape index (κ3) is 4.81. The van der Waals surface area contributed by atoms with Crippen LogP contribution in [0.2, 0.25) is 0 Å². The molecule has 0 aliphatic heterocycles. The summed E-state index contributed by atoms with van der Waals surface area (Å²) in [6.07, 6.45) is -0.312. The summed E-state index contributed by atoms with van der Waals surface area (Å²) in [7, 11) is 0. The van der Waals surface area contributed by atoms with E-state index in [1.165, 1.54) is 24.3 Å². The molecule has 0 aliphatic rings. The van der Waals surface area contributed by atoms with Crippen LogP contribution in [-0.4, -0.2) is 44.3 Å². The molecule has 8 heteroatoms. The summed E-state index contributed by atoms with van der Waals surface area (Å²) in [5, 5.41) is 39.8. The van der Waals surface area contributed by atoms with Crippen LogP contribution in [0.5, 0.6) is 0 Å². The summed E-state index contributed by atoms with van der Waals surface area (Å²) in [5.41, 5.74) is -0.395. The minimum Gasteiger partial charge on any atom is -0.478 e. The van der Waals surface area contributed by atoms with E-state index in [9.17, 15) is 39.6 Å². The molecule has 0 bridgehead atoms. The molecule has 0 atom stereocenters. The lowest BCUT2D eigenvalue weighted by atomic mass is 9.86. The summed E-state index contributed by atoms with van der Waals surface area (Å²) in [6, 6.07) is 22.6. The maximum absolute atomic E-state index is 12.3. The van der Waals surface area contributed by atoms with Gasteiger partial charge in [0.2, 0.25) is 0 Å². The average Bonchev–Trinajstić information content (AvgIpc) is 2.88. The number of aromatic carboxylic acids is 4. The zero-order valence-corrected chi connectivity index (χ0v) is 19.2. The highest BCUT2D eigenvalue weighted by Gasteiger charge is 2.28. The number of benzene rings is 4. The van der Waals surface area contributed by atoms with E-state index in [1.807, 2.05) is 0 Å². The van der Waals surface area contributed by atoms with Gasteiger partial charge in [0.15, 0.2) is 0 Å². The van der Waals surface area contributed by atoms with Gasteiger partial charge in [0.05, 0.1) is 22.3 Å². The summed E-state index contributed by atoms with van der Waals surface area (Å²) < 4.78 is 0. The van der Waals surface area contributed by atoms with Gasteiger partial charge in [-0.3, -0.25) is 0 Å². The number of carboxylic acids is 4. The van der Waals surface area contributed by atoms with Gasteiger partial charge in [-0.05, 0) is 39.8 Å². The first-order valence-corrected chi connectivity index (χ1v) is 11.1. The number of hydrogen-bond donors (Lipinski definition) is 4. The Morgan fingerprint density at radius 2 is 0.757 bits per heavy atom. The lowest BCUT2D eigenvalue weighted by Crippen LogP contribution is -2.16. The topological polar surface area (TPSA) is 149 Å². The molecule has 0 heterocycles. The van der Waals surface area contributed by atoms with Crippen molar-refractivity contribution >= 4 is 23.9 Å². The van der Waals surface area contributed by atoms with Crippen LogP contribution in [0.15, 0.2) is 84.9 Å². The lowest BCUT2D eigenvalue weighted by molar-refractivity contribution is 0.0650. The summed E-state index contributed by atoms with van der Waals surface area (Å²) >= 11 is 0. The predicted molar refractivity (Wildman–Crippen MR) is 134 cm³/mol.